The molecule has 3 N–H and O–H groups in total. The van der Waals surface area contributed by atoms with Crippen LogP contribution >= 0.6 is 0 Å². The van der Waals surface area contributed by atoms with E-state index in [0.29, 0.717) is 11.4 Å². The third-order valence-electron chi connectivity index (χ3n) is 3.08. The molecule has 124 valence electrons. The van der Waals surface area contributed by atoms with Gasteiger partial charge in [0.2, 0.25) is 0 Å². The van der Waals surface area contributed by atoms with Crippen molar-refractivity contribution in [2.24, 2.45) is 0 Å². The molecule has 8 heteroatoms. The number of likely N-dealkylation sites (N-methyl/N-ethyl adjacent to an activating group) is 1. The van der Waals surface area contributed by atoms with Crippen molar-refractivity contribution in [1.82, 2.24) is 15.1 Å². The summed E-state index contributed by atoms with van der Waals surface area (Å²) < 4.78 is 18.4. The van der Waals surface area contributed by atoms with Crippen LogP contribution in [0.3, 0.4) is 0 Å². The van der Waals surface area contributed by atoms with Gasteiger partial charge in [0, 0.05) is 19.7 Å². The van der Waals surface area contributed by atoms with Crippen LogP contribution in [0.15, 0.2) is 30.3 Å². The fourth-order valence-electron chi connectivity index (χ4n) is 1.92. The summed E-state index contributed by atoms with van der Waals surface area (Å²) in [5.74, 6) is -0.423. The zero-order chi connectivity index (χ0) is 16.8. The van der Waals surface area contributed by atoms with Crippen LogP contribution < -0.4 is 4.74 Å². The maximum atomic E-state index is 13.0. The maximum absolute atomic E-state index is 13.0. The van der Waals surface area contributed by atoms with Gasteiger partial charge in [0.15, 0.2) is 5.69 Å². The van der Waals surface area contributed by atoms with Gasteiger partial charge in [-0.15, -0.1) is 0 Å². The molecule has 0 spiro atoms. The van der Waals surface area contributed by atoms with E-state index in [-0.39, 0.29) is 18.8 Å². The minimum absolute atomic E-state index is 0.00266. The molecule has 2 rings (SSSR count). The normalized spacial score (nSPS) is 12.0. The molecule has 1 aromatic carbocycles. The summed E-state index contributed by atoms with van der Waals surface area (Å²) in [5.41, 5.74) is 0.712. The Morgan fingerprint density at radius 2 is 2.26 bits per heavy atom. The average Bonchev–Trinajstić information content (AvgIpc) is 3.01. The molecule has 7 nitrogen and oxygen atoms in total. The second kappa shape index (κ2) is 7.70. The Labute approximate surface area is 132 Å². The van der Waals surface area contributed by atoms with Gasteiger partial charge in [-0.1, -0.05) is 6.07 Å². The van der Waals surface area contributed by atoms with E-state index in [0.717, 1.165) is 0 Å². The summed E-state index contributed by atoms with van der Waals surface area (Å²) in [6.07, 6.45) is -1.00. The van der Waals surface area contributed by atoms with Crippen molar-refractivity contribution in [3.05, 3.63) is 47.5 Å². The minimum atomic E-state index is -1.00. The molecule has 1 heterocycles. The number of carbonyl (C=O) groups excluding carboxylic acids is 1. The number of hydrogen-bond donors (Lipinski definition) is 3. The number of nitrogens with zero attached hydrogens (tertiary/aromatic N) is 2. The molecular formula is C15H18FN3O4. The molecule has 0 saturated carbocycles. The minimum Gasteiger partial charge on any atom is -0.487 e. The van der Waals surface area contributed by atoms with Crippen molar-refractivity contribution < 1.29 is 24.1 Å². The summed E-state index contributed by atoms with van der Waals surface area (Å²) in [6, 6.07) is 7.25. The molecule has 23 heavy (non-hydrogen) atoms. The van der Waals surface area contributed by atoms with E-state index in [1.807, 2.05) is 0 Å². The third kappa shape index (κ3) is 4.76. The van der Waals surface area contributed by atoms with Crippen LogP contribution in [0.4, 0.5) is 4.39 Å². The lowest BCUT2D eigenvalue weighted by Crippen LogP contribution is -2.36. The Morgan fingerprint density at radius 3 is 2.96 bits per heavy atom. The van der Waals surface area contributed by atoms with Gasteiger partial charge in [-0.3, -0.25) is 9.89 Å². The molecular weight excluding hydrogens is 305 g/mol. The quantitative estimate of drug-likeness (QED) is 0.691. The number of rotatable bonds is 7. The number of aromatic nitrogens is 2. The van der Waals surface area contributed by atoms with Gasteiger partial charge in [-0.2, -0.15) is 5.10 Å². The lowest BCUT2D eigenvalue weighted by Gasteiger charge is -2.18. The first-order valence-corrected chi connectivity index (χ1v) is 6.96. The summed E-state index contributed by atoms with van der Waals surface area (Å²) in [4.78, 5) is 13.3. The topological polar surface area (TPSA) is 98.7 Å². The zero-order valence-corrected chi connectivity index (χ0v) is 12.6. The second-order valence-electron chi connectivity index (χ2n) is 5.05. The standard InChI is InChI=1S/C15H18FN3O4/c1-19(7-12(21)8-20)15(22)14-6-11(17-18-14)9-23-13-4-2-3-10(16)5-13/h2-6,12,20-21H,7-9H2,1H3,(H,17,18)/t12-/m1/s1. The van der Waals surface area contributed by atoms with Crippen molar-refractivity contribution in [3.63, 3.8) is 0 Å². The number of benzene rings is 1. The Balaban J connectivity index is 1.93. The highest BCUT2D eigenvalue weighted by atomic mass is 19.1. The van der Waals surface area contributed by atoms with Crippen LogP contribution in [-0.2, 0) is 6.61 Å². The summed E-state index contributed by atoms with van der Waals surface area (Å²) in [6.45, 7) is -0.324. The van der Waals surface area contributed by atoms with E-state index in [1.54, 1.807) is 6.07 Å². The maximum Gasteiger partial charge on any atom is 0.274 e. The van der Waals surface area contributed by atoms with Crippen molar-refractivity contribution in [1.29, 1.82) is 0 Å². The summed E-state index contributed by atoms with van der Waals surface area (Å²) >= 11 is 0. The number of H-pyrrole nitrogens is 1. The van der Waals surface area contributed by atoms with Gasteiger partial charge in [-0.05, 0) is 18.2 Å². The third-order valence-corrected chi connectivity index (χ3v) is 3.08. The van der Waals surface area contributed by atoms with E-state index in [2.05, 4.69) is 10.2 Å². The molecule has 0 fully saturated rings. The number of halogens is 1. The monoisotopic (exact) mass is 323 g/mol. The van der Waals surface area contributed by atoms with Crippen LogP contribution in [0.2, 0.25) is 0 Å². The smallest absolute Gasteiger partial charge is 0.274 e. The zero-order valence-electron chi connectivity index (χ0n) is 12.6. The highest BCUT2D eigenvalue weighted by molar-refractivity contribution is 5.92. The number of ether oxygens (including phenoxy) is 1. The van der Waals surface area contributed by atoms with Gasteiger partial charge in [-0.25, -0.2) is 4.39 Å². The molecule has 2 aromatic rings. The van der Waals surface area contributed by atoms with Crippen molar-refractivity contribution in [2.45, 2.75) is 12.7 Å². The van der Waals surface area contributed by atoms with E-state index >= 15 is 0 Å². The Morgan fingerprint density at radius 1 is 1.48 bits per heavy atom. The fourth-order valence-corrected chi connectivity index (χ4v) is 1.92. The van der Waals surface area contributed by atoms with Crippen molar-refractivity contribution >= 4 is 5.91 Å². The molecule has 1 aromatic heterocycles. The number of carbonyl (C=O) groups is 1. The summed E-state index contributed by atoms with van der Waals surface area (Å²) in [7, 11) is 1.50. The van der Waals surface area contributed by atoms with Gasteiger partial charge < -0.3 is 19.8 Å². The molecule has 1 amide bonds. The first-order chi connectivity index (χ1) is 11.0. The molecule has 0 bridgehead atoms. The number of hydrogen-bond acceptors (Lipinski definition) is 5. The predicted octanol–water partition coefficient (Wildman–Crippen LogP) is 0.553. The Kier molecular flexibility index (Phi) is 5.67. The van der Waals surface area contributed by atoms with Gasteiger partial charge in [0.25, 0.3) is 5.91 Å². The molecule has 1 atom stereocenters. The SMILES string of the molecule is CN(C[C@@H](O)CO)C(=O)c1cc(COc2cccc(F)c2)[nH]n1. The largest absolute Gasteiger partial charge is 0.487 e. The molecule has 0 aliphatic heterocycles. The van der Waals surface area contributed by atoms with Crippen LogP contribution in [0.5, 0.6) is 5.75 Å². The lowest BCUT2D eigenvalue weighted by molar-refractivity contribution is 0.0516. The number of aromatic amines is 1. The van der Waals surface area contributed by atoms with E-state index in [1.165, 1.54) is 36.2 Å². The number of aliphatic hydroxyl groups is 2. The molecule has 0 radical (unpaired) electrons. The first-order valence-electron chi connectivity index (χ1n) is 6.96. The van der Waals surface area contributed by atoms with Crippen LogP contribution in [-0.4, -0.2) is 57.5 Å². The Bertz CT molecular complexity index is 662. The Hall–Kier alpha value is -2.45. The van der Waals surface area contributed by atoms with E-state index in [9.17, 15) is 14.3 Å². The first kappa shape index (κ1) is 16.9. The fraction of sp³-hybridized carbons (Fsp3) is 0.333. The highest BCUT2D eigenvalue weighted by Gasteiger charge is 2.18. The highest BCUT2D eigenvalue weighted by Crippen LogP contribution is 2.14. The number of nitrogens with one attached hydrogen (secondary N) is 1. The predicted molar refractivity (Wildman–Crippen MR) is 79.4 cm³/mol. The van der Waals surface area contributed by atoms with Gasteiger partial charge in [0.1, 0.15) is 18.2 Å². The van der Waals surface area contributed by atoms with E-state index in [4.69, 9.17) is 9.84 Å². The van der Waals surface area contributed by atoms with Crippen molar-refractivity contribution in [3.8, 4) is 5.75 Å². The van der Waals surface area contributed by atoms with E-state index < -0.39 is 24.4 Å². The summed E-state index contributed by atoms with van der Waals surface area (Å²) in [5, 5.41) is 24.7. The molecule has 0 unspecified atom stereocenters. The van der Waals surface area contributed by atoms with Crippen LogP contribution in [0.1, 0.15) is 16.2 Å². The number of aliphatic hydroxyl groups excluding tert-OH is 2. The molecule has 0 saturated heterocycles. The van der Waals surface area contributed by atoms with Crippen LogP contribution in [0, 0.1) is 5.82 Å². The van der Waals surface area contributed by atoms with Gasteiger partial charge in [0.05, 0.1) is 18.4 Å². The second-order valence-corrected chi connectivity index (χ2v) is 5.05. The molecule has 0 aliphatic rings. The van der Waals surface area contributed by atoms with Gasteiger partial charge >= 0.3 is 0 Å². The number of amides is 1. The molecule has 0 aliphatic carbocycles. The van der Waals surface area contributed by atoms with Crippen molar-refractivity contribution in [2.75, 3.05) is 20.2 Å². The average molecular weight is 323 g/mol. The van der Waals surface area contributed by atoms with Crippen LogP contribution in [0.25, 0.3) is 0 Å². The lowest BCUT2D eigenvalue weighted by atomic mass is 10.3.